The maximum atomic E-state index is 14.2. The van der Waals surface area contributed by atoms with Crippen LogP contribution in [0.15, 0.2) is 55.0 Å². The summed E-state index contributed by atoms with van der Waals surface area (Å²) in [6, 6.07) is 13.4. The second kappa shape index (κ2) is 7.75. The Bertz CT molecular complexity index is 1380. The SMILES string of the molecule is Cc1[nH]c2c(F)ccc(C)c2c1CCNc1cc(Nc2ccc3[nH]ccc3c2)ncn1. The molecule has 0 radical (unpaired) electrons. The van der Waals surface area contributed by atoms with Gasteiger partial charge in [0.2, 0.25) is 0 Å². The van der Waals surface area contributed by atoms with E-state index in [0.717, 1.165) is 51.0 Å². The molecule has 0 aliphatic rings. The Morgan fingerprint density at radius 2 is 1.87 bits per heavy atom. The van der Waals surface area contributed by atoms with Gasteiger partial charge in [-0.1, -0.05) is 6.07 Å². The van der Waals surface area contributed by atoms with Gasteiger partial charge in [-0.3, -0.25) is 0 Å². The molecule has 3 aromatic heterocycles. The predicted octanol–water partition coefficient (Wildman–Crippen LogP) is 5.59. The van der Waals surface area contributed by atoms with E-state index in [0.29, 0.717) is 17.9 Å². The Kier molecular flexibility index (Phi) is 4.78. The Morgan fingerprint density at radius 3 is 2.77 bits per heavy atom. The monoisotopic (exact) mass is 414 g/mol. The highest BCUT2D eigenvalue weighted by molar-refractivity contribution is 5.88. The number of anilines is 3. The number of nitrogens with one attached hydrogen (secondary N) is 4. The van der Waals surface area contributed by atoms with Gasteiger partial charge in [0.15, 0.2) is 0 Å². The molecule has 0 spiro atoms. The number of hydrogen-bond acceptors (Lipinski definition) is 4. The van der Waals surface area contributed by atoms with Crippen LogP contribution in [0.25, 0.3) is 21.8 Å². The average Bonchev–Trinajstić information content (AvgIpc) is 3.36. The second-order valence-electron chi connectivity index (χ2n) is 7.71. The lowest BCUT2D eigenvalue weighted by molar-refractivity contribution is 0.637. The molecule has 0 amide bonds. The van der Waals surface area contributed by atoms with Crippen molar-refractivity contribution in [2.75, 3.05) is 17.2 Å². The van der Waals surface area contributed by atoms with Crippen molar-refractivity contribution >= 4 is 39.1 Å². The van der Waals surface area contributed by atoms with Crippen LogP contribution in [0.1, 0.15) is 16.8 Å². The van der Waals surface area contributed by atoms with Crippen molar-refractivity contribution in [2.24, 2.45) is 0 Å². The summed E-state index contributed by atoms with van der Waals surface area (Å²) in [6.07, 6.45) is 4.22. The number of fused-ring (bicyclic) bond motifs is 2. The van der Waals surface area contributed by atoms with E-state index in [1.54, 1.807) is 0 Å². The van der Waals surface area contributed by atoms with Crippen molar-refractivity contribution < 1.29 is 4.39 Å². The molecule has 0 unspecified atom stereocenters. The minimum absolute atomic E-state index is 0.216. The quantitative estimate of drug-likeness (QED) is 0.292. The molecule has 3 heterocycles. The van der Waals surface area contributed by atoms with Gasteiger partial charge >= 0.3 is 0 Å². The topological polar surface area (TPSA) is 81.4 Å². The number of hydrogen-bond donors (Lipinski definition) is 4. The van der Waals surface area contributed by atoms with E-state index in [4.69, 9.17) is 0 Å². The largest absolute Gasteiger partial charge is 0.370 e. The standard InChI is InChI=1S/C24H23FN6/c1-14-3-5-19(25)24-23(14)18(15(2)30-24)8-10-27-21-12-22(29-13-28-21)31-17-4-6-20-16(11-17)7-9-26-20/h3-7,9,11-13,26,30H,8,10H2,1-2H3,(H2,27,28,29,31). The number of rotatable bonds is 6. The third-order valence-corrected chi connectivity index (χ3v) is 5.60. The smallest absolute Gasteiger partial charge is 0.147 e. The molecule has 0 saturated heterocycles. The summed E-state index contributed by atoms with van der Waals surface area (Å²) in [7, 11) is 0. The van der Waals surface area contributed by atoms with Crippen molar-refractivity contribution in [2.45, 2.75) is 20.3 Å². The Hall–Kier alpha value is -3.87. The minimum Gasteiger partial charge on any atom is -0.370 e. The van der Waals surface area contributed by atoms with Crippen LogP contribution in [-0.4, -0.2) is 26.5 Å². The van der Waals surface area contributed by atoms with Crippen molar-refractivity contribution in [3.63, 3.8) is 0 Å². The molecule has 6 nitrogen and oxygen atoms in total. The number of nitrogens with zero attached hydrogens (tertiary/aromatic N) is 2. The molecule has 31 heavy (non-hydrogen) atoms. The molecule has 2 aromatic carbocycles. The highest BCUT2D eigenvalue weighted by Gasteiger charge is 2.13. The van der Waals surface area contributed by atoms with Crippen LogP contribution in [0.2, 0.25) is 0 Å². The van der Waals surface area contributed by atoms with Gasteiger partial charge in [-0.2, -0.15) is 0 Å². The lowest BCUT2D eigenvalue weighted by Gasteiger charge is -2.09. The fraction of sp³-hybridized carbons (Fsp3) is 0.167. The predicted molar refractivity (Wildman–Crippen MR) is 124 cm³/mol. The van der Waals surface area contributed by atoms with Gasteiger partial charge in [0, 0.05) is 46.5 Å². The summed E-state index contributed by atoms with van der Waals surface area (Å²) in [6.45, 7) is 4.68. The summed E-state index contributed by atoms with van der Waals surface area (Å²) in [4.78, 5) is 15.0. The summed E-state index contributed by atoms with van der Waals surface area (Å²) in [5.74, 6) is 1.24. The number of aromatic nitrogens is 4. The van der Waals surface area contributed by atoms with E-state index >= 15 is 0 Å². The maximum Gasteiger partial charge on any atom is 0.147 e. The molecule has 0 atom stereocenters. The van der Waals surface area contributed by atoms with E-state index in [-0.39, 0.29) is 5.82 Å². The van der Waals surface area contributed by atoms with Gasteiger partial charge in [0.1, 0.15) is 23.8 Å². The van der Waals surface area contributed by atoms with Gasteiger partial charge in [0.25, 0.3) is 0 Å². The number of halogens is 1. The zero-order valence-electron chi connectivity index (χ0n) is 17.4. The van der Waals surface area contributed by atoms with E-state index in [1.807, 2.05) is 50.4 Å². The molecule has 0 bridgehead atoms. The Labute approximate surface area is 178 Å². The fourth-order valence-electron chi connectivity index (χ4n) is 4.07. The van der Waals surface area contributed by atoms with Crippen molar-refractivity contribution in [1.82, 2.24) is 19.9 Å². The van der Waals surface area contributed by atoms with E-state index in [2.05, 4.69) is 36.6 Å². The van der Waals surface area contributed by atoms with Crippen LogP contribution >= 0.6 is 0 Å². The molecule has 156 valence electrons. The van der Waals surface area contributed by atoms with Gasteiger partial charge in [0.05, 0.1) is 5.52 Å². The van der Waals surface area contributed by atoms with Gasteiger partial charge < -0.3 is 20.6 Å². The summed E-state index contributed by atoms with van der Waals surface area (Å²) < 4.78 is 14.2. The molecule has 0 fully saturated rings. The molecular weight excluding hydrogens is 391 g/mol. The number of H-pyrrole nitrogens is 2. The molecule has 0 aliphatic carbocycles. The highest BCUT2D eigenvalue weighted by Crippen LogP contribution is 2.28. The third-order valence-electron chi connectivity index (χ3n) is 5.60. The highest BCUT2D eigenvalue weighted by atomic mass is 19.1. The molecule has 0 saturated carbocycles. The van der Waals surface area contributed by atoms with Crippen LogP contribution in [-0.2, 0) is 6.42 Å². The van der Waals surface area contributed by atoms with Crippen LogP contribution in [0.3, 0.4) is 0 Å². The van der Waals surface area contributed by atoms with E-state index in [9.17, 15) is 4.39 Å². The van der Waals surface area contributed by atoms with Crippen LogP contribution in [0.5, 0.6) is 0 Å². The van der Waals surface area contributed by atoms with E-state index < -0.39 is 0 Å². The molecule has 4 N–H and O–H groups in total. The summed E-state index contributed by atoms with van der Waals surface area (Å²) in [5.41, 5.74) is 5.84. The van der Waals surface area contributed by atoms with Gasteiger partial charge in [-0.05, 0) is 61.7 Å². The van der Waals surface area contributed by atoms with Crippen LogP contribution in [0.4, 0.5) is 21.7 Å². The fourth-order valence-corrected chi connectivity index (χ4v) is 4.07. The molecule has 5 aromatic rings. The zero-order valence-corrected chi connectivity index (χ0v) is 17.4. The van der Waals surface area contributed by atoms with Gasteiger partial charge in [-0.25, -0.2) is 14.4 Å². The number of benzene rings is 2. The first kappa shape index (κ1) is 19.1. The minimum atomic E-state index is -0.216. The lowest BCUT2D eigenvalue weighted by atomic mass is 10.0. The first-order chi connectivity index (χ1) is 15.1. The summed E-state index contributed by atoms with van der Waals surface area (Å²) in [5, 5.41) is 8.80. The van der Waals surface area contributed by atoms with E-state index in [1.165, 1.54) is 12.4 Å². The van der Waals surface area contributed by atoms with Crippen molar-refractivity contribution in [1.29, 1.82) is 0 Å². The average molecular weight is 414 g/mol. The first-order valence-corrected chi connectivity index (χ1v) is 10.2. The number of aryl methyl sites for hydroxylation is 2. The molecule has 5 rings (SSSR count). The zero-order chi connectivity index (χ0) is 21.4. The van der Waals surface area contributed by atoms with Crippen molar-refractivity contribution in [3.8, 4) is 0 Å². The van der Waals surface area contributed by atoms with Crippen molar-refractivity contribution in [3.05, 3.63) is 77.6 Å². The lowest BCUT2D eigenvalue weighted by Crippen LogP contribution is -2.07. The maximum absolute atomic E-state index is 14.2. The van der Waals surface area contributed by atoms with Gasteiger partial charge in [-0.15, -0.1) is 0 Å². The second-order valence-corrected chi connectivity index (χ2v) is 7.71. The summed E-state index contributed by atoms with van der Waals surface area (Å²) >= 11 is 0. The third kappa shape index (κ3) is 3.70. The molecular formula is C24H23FN6. The van der Waals surface area contributed by atoms with Crippen LogP contribution in [0, 0.1) is 19.7 Å². The number of aromatic amines is 2. The van der Waals surface area contributed by atoms with Crippen LogP contribution < -0.4 is 10.6 Å². The Balaban J connectivity index is 1.29. The normalized spacial score (nSPS) is 11.3. The molecule has 7 heteroatoms. The first-order valence-electron chi connectivity index (χ1n) is 10.2. The Morgan fingerprint density at radius 1 is 1.00 bits per heavy atom. The molecule has 0 aliphatic heterocycles.